The molecule has 1 N–H and O–H groups in total. The molecule has 0 aliphatic heterocycles. The fourth-order valence-corrected chi connectivity index (χ4v) is 2.99. The number of hydrogen-bond donors (Lipinski definition) is 1. The van der Waals surface area contributed by atoms with Crippen molar-refractivity contribution in [2.24, 2.45) is 0 Å². The molecule has 0 bridgehead atoms. The molecule has 3 heteroatoms. The van der Waals surface area contributed by atoms with Crippen molar-refractivity contribution >= 4 is 5.91 Å². The number of rotatable bonds is 10. The second-order valence-electron chi connectivity index (χ2n) is 6.21. The molecule has 0 aromatic heterocycles. The second-order valence-corrected chi connectivity index (χ2v) is 6.21. The van der Waals surface area contributed by atoms with Crippen LogP contribution in [0.15, 0.2) is 0 Å². The first-order chi connectivity index (χ1) is 9.74. The average Bonchev–Trinajstić information content (AvgIpc) is 2.46. The fraction of sp³-hybridized carbons (Fsp3) is 0.941. The van der Waals surface area contributed by atoms with Crippen LogP contribution in [0.25, 0.3) is 0 Å². The van der Waals surface area contributed by atoms with Gasteiger partial charge in [-0.05, 0) is 38.6 Å². The summed E-state index contributed by atoms with van der Waals surface area (Å²) in [5.74, 6) is 0.235. The van der Waals surface area contributed by atoms with E-state index in [0.29, 0.717) is 0 Å². The molecule has 20 heavy (non-hydrogen) atoms. The Bertz CT molecular complexity index is 249. The van der Waals surface area contributed by atoms with Crippen molar-refractivity contribution < 1.29 is 4.79 Å². The highest BCUT2D eigenvalue weighted by atomic mass is 16.2. The summed E-state index contributed by atoms with van der Waals surface area (Å²) in [6.07, 6.45) is 12.9. The maximum atomic E-state index is 11.5. The number of amides is 1. The summed E-state index contributed by atoms with van der Waals surface area (Å²) >= 11 is 0. The van der Waals surface area contributed by atoms with Crippen molar-refractivity contribution in [3.05, 3.63) is 0 Å². The first-order valence-electron chi connectivity index (χ1n) is 8.73. The minimum Gasteiger partial charge on any atom is -0.343 e. The van der Waals surface area contributed by atoms with Crippen LogP contribution in [-0.2, 0) is 4.79 Å². The molecule has 0 saturated heterocycles. The van der Waals surface area contributed by atoms with E-state index >= 15 is 0 Å². The molecule has 0 unspecified atom stereocenters. The van der Waals surface area contributed by atoms with E-state index in [1.165, 1.54) is 44.9 Å². The van der Waals surface area contributed by atoms with E-state index in [1.54, 1.807) is 6.92 Å². The maximum Gasteiger partial charge on any atom is 0.219 e. The molecular weight excluding hydrogens is 248 g/mol. The van der Waals surface area contributed by atoms with E-state index in [0.717, 1.165) is 44.9 Å². The van der Waals surface area contributed by atoms with Crippen LogP contribution in [0.5, 0.6) is 0 Å². The molecule has 0 heterocycles. The van der Waals surface area contributed by atoms with Crippen LogP contribution in [0.2, 0.25) is 0 Å². The Kier molecular flexibility index (Phi) is 9.73. The molecule has 1 aliphatic rings. The minimum atomic E-state index is 0.235. The monoisotopic (exact) mass is 282 g/mol. The molecule has 1 saturated carbocycles. The molecule has 3 nitrogen and oxygen atoms in total. The number of nitrogens with one attached hydrogen (secondary N) is 1. The van der Waals surface area contributed by atoms with Gasteiger partial charge in [-0.15, -0.1) is 0 Å². The molecule has 1 fully saturated rings. The fourth-order valence-electron chi connectivity index (χ4n) is 2.99. The van der Waals surface area contributed by atoms with E-state index in [4.69, 9.17) is 0 Å². The van der Waals surface area contributed by atoms with Crippen LogP contribution in [0.3, 0.4) is 0 Å². The summed E-state index contributed by atoms with van der Waals surface area (Å²) in [4.78, 5) is 13.5. The highest BCUT2D eigenvalue weighted by Crippen LogP contribution is 2.17. The second kappa shape index (κ2) is 11.1. The lowest BCUT2D eigenvalue weighted by Gasteiger charge is -2.23. The lowest BCUT2D eigenvalue weighted by molar-refractivity contribution is -0.129. The van der Waals surface area contributed by atoms with Gasteiger partial charge in [-0.3, -0.25) is 4.79 Å². The Hall–Kier alpha value is -0.570. The lowest BCUT2D eigenvalue weighted by atomic mass is 9.95. The van der Waals surface area contributed by atoms with Gasteiger partial charge in [0, 0.05) is 26.1 Å². The Labute approximate surface area is 125 Å². The van der Waals surface area contributed by atoms with E-state index in [-0.39, 0.29) is 5.91 Å². The van der Waals surface area contributed by atoms with E-state index in [9.17, 15) is 4.79 Å². The number of nitrogens with zero attached hydrogens (tertiary/aromatic N) is 1. The zero-order valence-corrected chi connectivity index (χ0v) is 13.6. The minimum absolute atomic E-state index is 0.235. The average molecular weight is 282 g/mol. The highest BCUT2D eigenvalue weighted by molar-refractivity contribution is 5.73. The van der Waals surface area contributed by atoms with Crippen LogP contribution >= 0.6 is 0 Å². The summed E-state index contributed by atoms with van der Waals surface area (Å²) in [7, 11) is 0. The van der Waals surface area contributed by atoms with Crippen molar-refractivity contribution in [2.75, 3.05) is 19.6 Å². The van der Waals surface area contributed by atoms with Crippen LogP contribution < -0.4 is 5.32 Å². The first-order valence-corrected chi connectivity index (χ1v) is 8.73. The Morgan fingerprint density at radius 3 is 2.40 bits per heavy atom. The van der Waals surface area contributed by atoms with Gasteiger partial charge in [0.05, 0.1) is 0 Å². The van der Waals surface area contributed by atoms with Crippen molar-refractivity contribution in [1.29, 1.82) is 0 Å². The third kappa shape index (κ3) is 7.88. The van der Waals surface area contributed by atoms with Crippen LogP contribution in [0.1, 0.15) is 78.1 Å². The predicted octanol–water partition coefficient (Wildman–Crippen LogP) is 3.73. The molecule has 1 aliphatic carbocycles. The quantitative estimate of drug-likeness (QED) is 0.619. The number of hydrogen-bond acceptors (Lipinski definition) is 2. The van der Waals surface area contributed by atoms with Gasteiger partial charge in [0.25, 0.3) is 0 Å². The Morgan fingerprint density at radius 2 is 1.75 bits per heavy atom. The Balaban J connectivity index is 1.97. The summed E-state index contributed by atoms with van der Waals surface area (Å²) in [6, 6.07) is 0.780. The number of unbranched alkanes of at least 4 members (excludes halogenated alkanes) is 3. The summed E-state index contributed by atoms with van der Waals surface area (Å²) in [5.41, 5.74) is 0. The zero-order valence-electron chi connectivity index (χ0n) is 13.6. The highest BCUT2D eigenvalue weighted by Gasteiger charge is 2.11. The van der Waals surface area contributed by atoms with Gasteiger partial charge in [0.1, 0.15) is 0 Å². The van der Waals surface area contributed by atoms with E-state index in [2.05, 4.69) is 12.2 Å². The van der Waals surface area contributed by atoms with Crippen molar-refractivity contribution in [3.63, 3.8) is 0 Å². The smallest absolute Gasteiger partial charge is 0.219 e. The molecule has 0 radical (unpaired) electrons. The third-order valence-electron chi connectivity index (χ3n) is 4.37. The Morgan fingerprint density at radius 1 is 1.05 bits per heavy atom. The molecule has 0 spiro atoms. The molecule has 118 valence electrons. The van der Waals surface area contributed by atoms with Gasteiger partial charge < -0.3 is 10.2 Å². The first kappa shape index (κ1) is 17.5. The van der Waals surface area contributed by atoms with E-state index < -0.39 is 0 Å². The lowest BCUT2D eigenvalue weighted by Crippen LogP contribution is -2.32. The molecule has 0 aromatic carbocycles. The molecule has 1 amide bonds. The molecule has 1 rings (SSSR count). The van der Waals surface area contributed by atoms with Crippen molar-refractivity contribution in [2.45, 2.75) is 84.1 Å². The largest absolute Gasteiger partial charge is 0.343 e. The summed E-state index contributed by atoms with van der Waals surface area (Å²) in [6.45, 7) is 6.90. The van der Waals surface area contributed by atoms with Gasteiger partial charge in [-0.2, -0.15) is 0 Å². The zero-order chi connectivity index (χ0) is 14.6. The van der Waals surface area contributed by atoms with Gasteiger partial charge >= 0.3 is 0 Å². The van der Waals surface area contributed by atoms with Crippen molar-refractivity contribution in [3.8, 4) is 0 Å². The standard InChI is InChI=1S/C17H34N2O/c1-3-4-14-19(16(2)20)15-10-6-9-13-18-17-11-7-5-8-12-17/h17-18H,3-15H2,1-2H3. The van der Waals surface area contributed by atoms with E-state index in [1.807, 2.05) is 4.90 Å². The van der Waals surface area contributed by atoms with Crippen LogP contribution in [-0.4, -0.2) is 36.5 Å². The number of carbonyl (C=O) groups is 1. The normalized spacial score (nSPS) is 16.3. The van der Waals surface area contributed by atoms with Gasteiger partial charge in [0.2, 0.25) is 5.91 Å². The third-order valence-corrected chi connectivity index (χ3v) is 4.37. The van der Waals surface area contributed by atoms with Crippen molar-refractivity contribution in [1.82, 2.24) is 10.2 Å². The predicted molar refractivity (Wildman–Crippen MR) is 85.9 cm³/mol. The topological polar surface area (TPSA) is 32.3 Å². The maximum absolute atomic E-state index is 11.5. The number of carbonyl (C=O) groups excluding carboxylic acids is 1. The van der Waals surface area contributed by atoms with Gasteiger partial charge in [-0.25, -0.2) is 0 Å². The molecular formula is C17H34N2O. The SMILES string of the molecule is CCCCN(CCCCCNC1CCCCC1)C(C)=O. The molecule has 0 aromatic rings. The van der Waals surface area contributed by atoms with Crippen LogP contribution in [0.4, 0.5) is 0 Å². The summed E-state index contributed by atoms with van der Waals surface area (Å²) in [5, 5.41) is 3.69. The van der Waals surface area contributed by atoms with Crippen LogP contribution in [0, 0.1) is 0 Å². The van der Waals surface area contributed by atoms with Gasteiger partial charge in [-0.1, -0.05) is 39.0 Å². The summed E-state index contributed by atoms with van der Waals surface area (Å²) < 4.78 is 0. The van der Waals surface area contributed by atoms with Gasteiger partial charge in [0.15, 0.2) is 0 Å². The molecule has 0 atom stereocenters.